The summed E-state index contributed by atoms with van der Waals surface area (Å²) in [5.74, 6) is 5.84. The third kappa shape index (κ3) is 4.53. The van der Waals surface area contributed by atoms with Crippen LogP contribution in [0.3, 0.4) is 0 Å². The van der Waals surface area contributed by atoms with E-state index in [9.17, 15) is 4.79 Å². The molecule has 18 heavy (non-hydrogen) atoms. The number of pyridine rings is 1. The molecule has 5 nitrogen and oxygen atoms in total. The van der Waals surface area contributed by atoms with Gasteiger partial charge in [0, 0.05) is 25.3 Å². The molecule has 2 N–H and O–H groups in total. The molecule has 0 spiro atoms. The molecule has 1 unspecified atom stereocenters. The summed E-state index contributed by atoms with van der Waals surface area (Å²) in [7, 11) is 1.47. The van der Waals surface area contributed by atoms with Crippen LogP contribution in [0, 0.1) is 11.8 Å². The highest BCUT2D eigenvalue weighted by molar-refractivity contribution is 5.93. The highest BCUT2D eigenvalue weighted by Crippen LogP contribution is 2.06. The number of methoxy groups -OCH3 is 1. The van der Waals surface area contributed by atoms with Crippen molar-refractivity contribution in [2.75, 3.05) is 19.0 Å². The van der Waals surface area contributed by atoms with Gasteiger partial charge in [0.15, 0.2) is 0 Å². The van der Waals surface area contributed by atoms with Crippen LogP contribution in [0.15, 0.2) is 18.3 Å². The molecular weight excluding hydrogens is 232 g/mol. The second-order valence-electron chi connectivity index (χ2n) is 3.57. The van der Waals surface area contributed by atoms with E-state index in [2.05, 4.69) is 22.1 Å². The first-order valence-electron chi connectivity index (χ1n) is 5.57. The van der Waals surface area contributed by atoms with Gasteiger partial charge in [0.25, 0.3) is 5.91 Å². The molecule has 0 bridgehead atoms. The standard InChI is InChI=1S/C13H16N2O3/c1-10(18-2)13(17)15-12-9-11(6-7-14-12)5-3-4-8-16/h6-7,9-10,16H,4,8H2,1-2H3,(H,14,15,17). The van der Waals surface area contributed by atoms with Gasteiger partial charge in [-0.25, -0.2) is 4.98 Å². The molecule has 1 heterocycles. The fourth-order valence-electron chi connectivity index (χ4n) is 1.13. The molecule has 0 radical (unpaired) electrons. The van der Waals surface area contributed by atoms with E-state index in [-0.39, 0.29) is 12.5 Å². The Hall–Kier alpha value is -1.90. The lowest BCUT2D eigenvalue weighted by atomic mass is 10.2. The van der Waals surface area contributed by atoms with E-state index < -0.39 is 6.10 Å². The van der Waals surface area contributed by atoms with Crippen molar-refractivity contribution in [3.05, 3.63) is 23.9 Å². The third-order valence-corrected chi connectivity index (χ3v) is 2.20. The number of carbonyl (C=O) groups is 1. The summed E-state index contributed by atoms with van der Waals surface area (Å²) in [4.78, 5) is 15.6. The summed E-state index contributed by atoms with van der Waals surface area (Å²) in [6.45, 7) is 1.69. The van der Waals surface area contributed by atoms with Gasteiger partial charge >= 0.3 is 0 Å². The number of aliphatic hydroxyl groups is 1. The molecular formula is C13H16N2O3. The van der Waals surface area contributed by atoms with Gasteiger partial charge < -0.3 is 15.2 Å². The van der Waals surface area contributed by atoms with Crippen molar-refractivity contribution >= 4 is 11.7 Å². The van der Waals surface area contributed by atoms with Crippen LogP contribution in [-0.2, 0) is 9.53 Å². The summed E-state index contributed by atoms with van der Waals surface area (Å²) in [6, 6.07) is 3.41. The normalized spacial score (nSPS) is 11.3. The summed E-state index contributed by atoms with van der Waals surface area (Å²) in [6.07, 6.45) is 1.46. The maximum atomic E-state index is 11.6. The second kappa shape index (κ2) is 7.43. The molecule has 0 saturated heterocycles. The smallest absolute Gasteiger partial charge is 0.254 e. The molecule has 0 aliphatic carbocycles. The Morgan fingerprint density at radius 3 is 3.11 bits per heavy atom. The predicted octanol–water partition coefficient (Wildman–Crippen LogP) is 0.789. The lowest BCUT2D eigenvalue weighted by Gasteiger charge is -2.09. The molecule has 1 amide bonds. The average molecular weight is 248 g/mol. The summed E-state index contributed by atoms with van der Waals surface area (Å²) >= 11 is 0. The highest BCUT2D eigenvalue weighted by Gasteiger charge is 2.11. The van der Waals surface area contributed by atoms with E-state index >= 15 is 0 Å². The number of carbonyl (C=O) groups excluding carboxylic acids is 1. The number of ether oxygens (including phenoxy) is 1. The maximum Gasteiger partial charge on any atom is 0.254 e. The predicted molar refractivity (Wildman–Crippen MR) is 67.9 cm³/mol. The van der Waals surface area contributed by atoms with E-state index in [1.165, 1.54) is 7.11 Å². The van der Waals surface area contributed by atoms with Crippen molar-refractivity contribution in [2.24, 2.45) is 0 Å². The maximum absolute atomic E-state index is 11.6. The summed E-state index contributed by atoms with van der Waals surface area (Å²) < 4.78 is 4.90. The number of hydrogen-bond acceptors (Lipinski definition) is 4. The molecule has 96 valence electrons. The Labute approximate surface area is 106 Å². The monoisotopic (exact) mass is 248 g/mol. The van der Waals surface area contributed by atoms with Crippen molar-refractivity contribution in [1.29, 1.82) is 0 Å². The SMILES string of the molecule is COC(C)C(=O)Nc1cc(C#CCCO)ccn1. The Morgan fingerprint density at radius 1 is 1.67 bits per heavy atom. The number of hydrogen-bond donors (Lipinski definition) is 2. The molecule has 0 aliphatic heterocycles. The van der Waals surface area contributed by atoms with E-state index in [1.807, 2.05) is 0 Å². The number of nitrogens with one attached hydrogen (secondary N) is 1. The van der Waals surface area contributed by atoms with Crippen molar-refractivity contribution in [3.8, 4) is 11.8 Å². The first kappa shape index (κ1) is 14.2. The van der Waals surface area contributed by atoms with Gasteiger partial charge in [0.2, 0.25) is 0 Å². The fraction of sp³-hybridized carbons (Fsp3) is 0.385. The van der Waals surface area contributed by atoms with Gasteiger partial charge in [-0.05, 0) is 19.1 Å². The van der Waals surface area contributed by atoms with Crippen LogP contribution in [0.1, 0.15) is 18.9 Å². The highest BCUT2D eigenvalue weighted by atomic mass is 16.5. The molecule has 1 rings (SSSR count). The molecule has 1 aromatic rings. The first-order chi connectivity index (χ1) is 8.67. The molecule has 0 aliphatic rings. The molecule has 1 atom stereocenters. The van der Waals surface area contributed by atoms with Gasteiger partial charge in [-0.2, -0.15) is 0 Å². The van der Waals surface area contributed by atoms with Gasteiger partial charge in [0.1, 0.15) is 11.9 Å². The Morgan fingerprint density at radius 2 is 2.44 bits per heavy atom. The zero-order valence-electron chi connectivity index (χ0n) is 10.4. The van der Waals surface area contributed by atoms with E-state index in [0.29, 0.717) is 12.2 Å². The van der Waals surface area contributed by atoms with Crippen LogP contribution >= 0.6 is 0 Å². The lowest BCUT2D eigenvalue weighted by molar-refractivity contribution is -0.124. The minimum atomic E-state index is -0.532. The minimum Gasteiger partial charge on any atom is -0.395 e. The van der Waals surface area contributed by atoms with Crippen LogP contribution in [0.5, 0.6) is 0 Å². The number of amides is 1. The first-order valence-corrected chi connectivity index (χ1v) is 5.57. The van der Waals surface area contributed by atoms with Crippen LogP contribution < -0.4 is 5.32 Å². The van der Waals surface area contributed by atoms with Crippen LogP contribution in [-0.4, -0.2) is 35.8 Å². The number of aliphatic hydroxyl groups excluding tert-OH is 1. The van der Waals surface area contributed by atoms with E-state index in [1.54, 1.807) is 25.3 Å². The van der Waals surface area contributed by atoms with Crippen LogP contribution in [0.4, 0.5) is 5.82 Å². The Bertz CT molecular complexity index is 463. The molecule has 0 saturated carbocycles. The van der Waals surface area contributed by atoms with Crippen molar-refractivity contribution in [2.45, 2.75) is 19.4 Å². The van der Waals surface area contributed by atoms with E-state index in [4.69, 9.17) is 9.84 Å². The minimum absolute atomic E-state index is 0.0348. The second-order valence-corrected chi connectivity index (χ2v) is 3.57. The molecule has 0 aromatic carbocycles. The largest absolute Gasteiger partial charge is 0.395 e. The summed E-state index contributed by atoms with van der Waals surface area (Å²) in [5, 5.41) is 11.3. The zero-order chi connectivity index (χ0) is 13.4. The molecule has 5 heteroatoms. The average Bonchev–Trinajstić information content (AvgIpc) is 2.38. The van der Waals surface area contributed by atoms with Crippen molar-refractivity contribution < 1.29 is 14.6 Å². The number of anilines is 1. The number of aromatic nitrogens is 1. The van der Waals surface area contributed by atoms with Crippen molar-refractivity contribution in [1.82, 2.24) is 4.98 Å². The van der Waals surface area contributed by atoms with Gasteiger partial charge in [-0.1, -0.05) is 11.8 Å². The molecule has 1 aromatic heterocycles. The third-order valence-electron chi connectivity index (χ3n) is 2.20. The van der Waals surface area contributed by atoms with E-state index in [0.717, 1.165) is 5.56 Å². The Kier molecular flexibility index (Phi) is 5.85. The number of rotatable bonds is 4. The lowest BCUT2D eigenvalue weighted by Crippen LogP contribution is -2.26. The topological polar surface area (TPSA) is 71.5 Å². The van der Waals surface area contributed by atoms with Gasteiger partial charge in [-0.3, -0.25) is 4.79 Å². The molecule has 0 fully saturated rings. The zero-order valence-corrected chi connectivity index (χ0v) is 10.4. The van der Waals surface area contributed by atoms with Gasteiger partial charge in [0.05, 0.1) is 6.61 Å². The van der Waals surface area contributed by atoms with Crippen molar-refractivity contribution in [3.63, 3.8) is 0 Å². The van der Waals surface area contributed by atoms with Crippen LogP contribution in [0.25, 0.3) is 0 Å². The van der Waals surface area contributed by atoms with Crippen LogP contribution in [0.2, 0.25) is 0 Å². The summed E-state index contributed by atoms with van der Waals surface area (Å²) in [5.41, 5.74) is 0.735. The Balaban J connectivity index is 2.71. The number of nitrogens with zero attached hydrogens (tertiary/aromatic N) is 1. The van der Waals surface area contributed by atoms with Gasteiger partial charge in [-0.15, -0.1) is 0 Å². The quantitative estimate of drug-likeness (QED) is 0.773. The fourth-order valence-corrected chi connectivity index (χ4v) is 1.13.